The Hall–Kier alpha value is -2.70. The van der Waals surface area contributed by atoms with Crippen molar-refractivity contribution in [3.05, 3.63) is 59.2 Å². The molecule has 0 radical (unpaired) electrons. The molecule has 1 heterocycles. The number of halogens is 3. The SMILES string of the molecule is CN(Cc1ccc(C(F)(F)F)cc1)C(=O)C1(c2ccc3c(c2)OCCO3)CCCC1. The lowest BCUT2D eigenvalue weighted by Gasteiger charge is -2.34. The van der Waals surface area contributed by atoms with Gasteiger partial charge in [0.15, 0.2) is 11.5 Å². The highest BCUT2D eigenvalue weighted by molar-refractivity contribution is 5.88. The van der Waals surface area contributed by atoms with Crippen molar-refractivity contribution in [1.29, 1.82) is 0 Å². The lowest BCUT2D eigenvalue weighted by atomic mass is 9.77. The molecule has 0 unspecified atom stereocenters. The van der Waals surface area contributed by atoms with Crippen molar-refractivity contribution < 1.29 is 27.4 Å². The van der Waals surface area contributed by atoms with Crippen molar-refractivity contribution >= 4 is 5.91 Å². The molecule has 1 amide bonds. The second-order valence-corrected chi connectivity index (χ2v) is 8.00. The van der Waals surface area contributed by atoms with E-state index < -0.39 is 17.2 Å². The van der Waals surface area contributed by atoms with Crippen LogP contribution < -0.4 is 9.47 Å². The van der Waals surface area contributed by atoms with Crippen molar-refractivity contribution in [2.75, 3.05) is 20.3 Å². The van der Waals surface area contributed by atoms with Crippen molar-refractivity contribution in [1.82, 2.24) is 4.90 Å². The lowest BCUT2D eigenvalue weighted by Crippen LogP contribution is -2.43. The Morgan fingerprint density at radius 3 is 2.27 bits per heavy atom. The highest BCUT2D eigenvalue weighted by Gasteiger charge is 2.44. The minimum absolute atomic E-state index is 0.0171. The van der Waals surface area contributed by atoms with Gasteiger partial charge in [0.1, 0.15) is 13.2 Å². The first-order valence-electron chi connectivity index (χ1n) is 10.1. The molecular formula is C23H24F3NO3. The summed E-state index contributed by atoms with van der Waals surface area (Å²) in [6, 6.07) is 10.7. The lowest BCUT2D eigenvalue weighted by molar-refractivity contribution is -0.138. The summed E-state index contributed by atoms with van der Waals surface area (Å²) in [5.74, 6) is 1.32. The Labute approximate surface area is 173 Å². The molecule has 1 fully saturated rings. The third-order valence-corrected chi connectivity index (χ3v) is 6.01. The van der Waals surface area contributed by atoms with Crippen LogP contribution >= 0.6 is 0 Å². The summed E-state index contributed by atoms with van der Waals surface area (Å²) in [6.45, 7) is 1.24. The molecule has 160 valence electrons. The van der Waals surface area contributed by atoms with E-state index in [0.29, 0.717) is 30.3 Å². The second-order valence-electron chi connectivity index (χ2n) is 8.00. The minimum atomic E-state index is -4.37. The van der Waals surface area contributed by atoms with E-state index in [1.54, 1.807) is 11.9 Å². The zero-order valence-electron chi connectivity index (χ0n) is 16.8. The number of carbonyl (C=O) groups excluding carboxylic acids is 1. The maximum absolute atomic E-state index is 13.5. The molecule has 1 saturated carbocycles. The number of likely N-dealkylation sites (N-methyl/N-ethyl adjacent to an activating group) is 1. The molecule has 0 atom stereocenters. The second kappa shape index (κ2) is 7.85. The van der Waals surface area contributed by atoms with Crippen molar-refractivity contribution in [2.45, 2.75) is 43.8 Å². The Balaban J connectivity index is 1.56. The molecule has 0 aromatic heterocycles. The maximum Gasteiger partial charge on any atom is 0.416 e. The van der Waals surface area contributed by atoms with E-state index >= 15 is 0 Å². The highest BCUT2D eigenvalue weighted by Crippen LogP contribution is 2.45. The highest BCUT2D eigenvalue weighted by atomic mass is 19.4. The predicted octanol–water partition coefficient (Wildman–Crippen LogP) is 4.95. The van der Waals surface area contributed by atoms with Gasteiger partial charge in [-0.2, -0.15) is 13.2 Å². The molecule has 2 aromatic rings. The maximum atomic E-state index is 13.5. The van der Waals surface area contributed by atoms with E-state index in [0.717, 1.165) is 43.4 Å². The molecule has 0 N–H and O–H groups in total. The molecular weight excluding hydrogens is 395 g/mol. The van der Waals surface area contributed by atoms with E-state index in [1.165, 1.54) is 12.1 Å². The van der Waals surface area contributed by atoms with Crippen molar-refractivity contribution in [3.63, 3.8) is 0 Å². The summed E-state index contributed by atoms with van der Waals surface area (Å²) in [6.07, 6.45) is -0.985. The van der Waals surface area contributed by atoms with Crippen LogP contribution in [0.25, 0.3) is 0 Å². The van der Waals surface area contributed by atoms with Gasteiger partial charge < -0.3 is 14.4 Å². The first kappa shape index (κ1) is 20.6. The first-order valence-corrected chi connectivity index (χ1v) is 10.1. The summed E-state index contributed by atoms with van der Waals surface area (Å²) >= 11 is 0. The van der Waals surface area contributed by atoms with E-state index in [-0.39, 0.29) is 12.5 Å². The van der Waals surface area contributed by atoms with Crippen LogP contribution in [0.2, 0.25) is 0 Å². The molecule has 1 aliphatic carbocycles. The number of carbonyl (C=O) groups is 1. The number of amides is 1. The normalized spacial score (nSPS) is 17.6. The monoisotopic (exact) mass is 419 g/mol. The van der Waals surface area contributed by atoms with Crippen molar-refractivity contribution in [2.24, 2.45) is 0 Å². The van der Waals surface area contributed by atoms with Crippen LogP contribution in [0.15, 0.2) is 42.5 Å². The van der Waals surface area contributed by atoms with Gasteiger partial charge in [0.2, 0.25) is 5.91 Å². The van der Waals surface area contributed by atoms with Gasteiger partial charge in [0.25, 0.3) is 0 Å². The molecule has 0 spiro atoms. The van der Waals surface area contributed by atoms with Crippen LogP contribution in [-0.4, -0.2) is 31.1 Å². The van der Waals surface area contributed by atoms with E-state index in [4.69, 9.17) is 9.47 Å². The van der Waals surface area contributed by atoms with E-state index in [2.05, 4.69) is 0 Å². The zero-order valence-corrected chi connectivity index (χ0v) is 16.8. The zero-order chi connectivity index (χ0) is 21.4. The largest absolute Gasteiger partial charge is 0.486 e. The van der Waals surface area contributed by atoms with Gasteiger partial charge in [0, 0.05) is 13.6 Å². The van der Waals surface area contributed by atoms with Gasteiger partial charge in [-0.3, -0.25) is 4.79 Å². The summed E-state index contributed by atoms with van der Waals surface area (Å²) in [5, 5.41) is 0. The summed E-state index contributed by atoms with van der Waals surface area (Å²) < 4.78 is 49.7. The standard InChI is InChI=1S/C23H24F3NO3/c1-27(15-16-4-6-17(7-5-16)23(24,25)26)21(28)22(10-2-3-11-22)18-8-9-19-20(14-18)30-13-12-29-19/h4-9,14H,2-3,10-13,15H2,1H3. The molecule has 2 aliphatic rings. The molecule has 0 saturated heterocycles. The molecule has 4 nitrogen and oxygen atoms in total. The van der Waals surface area contributed by atoms with Crippen LogP contribution in [0.1, 0.15) is 42.4 Å². The Bertz CT molecular complexity index is 918. The van der Waals surface area contributed by atoms with Gasteiger partial charge in [0.05, 0.1) is 11.0 Å². The number of hydrogen-bond donors (Lipinski definition) is 0. The number of fused-ring (bicyclic) bond motifs is 1. The number of alkyl halides is 3. The van der Waals surface area contributed by atoms with Crippen LogP contribution in [-0.2, 0) is 22.9 Å². The molecule has 0 bridgehead atoms. The molecule has 1 aliphatic heterocycles. The van der Waals surface area contributed by atoms with Crippen molar-refractivity contribution in [3.8, 4) is 11.5 Å². The Morgan fingerprint density at radius 2 is 1.63 bits per heavy atom. The quantitative estimate of drug-likeness (QED) is 0.704. The number of benzene rings is 2. The molecule has 2 aromatic carbocycles. The first-order chi connectivity index (χ1) is 14.3. The number of rotatable bonds is 4. The fourth-order valence-corrected chi connectivity index (χ4v) is 4.46. The van der Waals surface area contributed by atoms with Crippen LogP contribution in [0.3, 0.4) is 0 Å². The number of nitrogens with zero attached hydrogens (tertiary/aromatic N) is 1. The average Bonchev–Trinajstić information content (AvgIpc) is 3.23. The number of ether oxygens (including phenoxy) is 2. The van der Waals surface area contributed by atoms with Crippen LogP contribution in [0.4, 0.5) is 13.2 Å². The summed E-state index contributed by atoms with van der Waals surface area (Å²) in [7, 11) is 1.71. The third kappa shape index (κ3) is 3.85. The third-order valence-electron chi connectivity index (χ3n) is 6.01. The Morgan fingerprint density at radius 1 is 1.00 bits per heavy atom. The molecule has 7 heteroatoms. The number of hydrogen-bond acceptors (Lipinski definition) is 3. The molecule has 30 heavy (non-hydrogen) atoms. The average molecular weight is 419 g/mol. The van der Waals surface area contributed by atoms with Crippen LogP contribution in [0.5, 0.6) is 11.5 Å². The summed E-state index contributed by atoms with van der Waals surface area (Å²) in [4.78, 5) is 15.2. The van der Waals surface area contributed by atoms with Gasteiger partial charge in [-0.15, -0.1) is 0 Å². The predicted molar refractivity (Wildman–Crippen MR) is 105 cm³/mol. The Kier molecular flexibility index (Phi) is 5.38. The topological polar surface area (TPSA) is 38.8 Å². The van der Waals surface area contributed by atoms with E-state index in [9.17, 15) is 18.0 Å². The van der Waals surface area contributed by atoms with Crippen LogP contribution in [0, 0.1) is 0 Å². The summed E-state index contributed by atoms with van der Waals surface area (Å²) in [5.41, 5.74) is 0.239. The van der Waals surface area contributed by atoms with Gasteiger partial charge in [-0.25, -0.2) is 0 Å². The van der Waals surface area contributed by atoms with Gasteiger partial charge in [-0.1, -0.05) is 31.0 Å². The van der Waals surface area contributed by atoms with Gasteiger partial charge in [-0.05, 0) is 48.2 Å². The van der Waals surface area contributed by atoms with Gasteiger partial charge >= 0.3 is 6.18 Å². The fraction of sp³-hybridized carbons (Fsp3) is 0.435. The molecule has 4 rings (SSSR count). The fourth-order valence-electron chi connectivity index (χ4n) is 4.46. The smallest absolute Gasteiger partial charge is 0.416 e. The minimum Gasteiger partial charge on any atom is -0.486 e. The van der Waals surface area contributed by atoms with E-state index in [1.807, 2.05) is 18.2 Å².